The van der Waals surface area contributed by atoms with Gasteiger partial charge in [-0.15, -0.1) is 0 Å². The van der Waals surface area contributed by atoms with Crippen LogP contribution in [0.25, 0.3) is 0 Å². The lowest BCUT2D eigenvalue weighted by atomic mass is 10.1. The van der Waals surface area contributed by atoms with Crippen LogP contribution in [0, 0.1) is 0 Å². The van der Waals surface area contributed by atoms with Crippen LogP contribution in [0.5, 0.6) is 0 Å². The van der Waals surface area contributed by atoms with E-state index in [-0.39, 0.29) is 5.78 Å². The number of benzene rings is 1. The van der Waals surface area contributed by atoms with Crippen LogP contribution in [0.2, 0.25) is 0 Å². The minimum absolute atomic E-state index is 0.0675. The molecule has 98 valence electrons. The van der Waals surface area contributed by atoms with Crippen LogP contribution in [0.15, 0.2) is 47.2 Å². The van der Waals surface area contributed by atoms with Crippen LogP contribution >= 0.6 is 15.9 Å². The Kier molecular flexibility index (Phi) is 4.32. The fraction of sp³-hybridized carbons (Fsp3) is 0.200. The molecule has 0 spiro atoms. The summed E-state index contributed by atoms with van der Waals surface area (Å²) in [6.07, 6.45) is 3.55. The molecule has 0 N–H and O–H groups in total. The highest BCUT2D eigenvalue weighted by molar-refractivity contribution is 9.10. The molecule has 1 aromatic carbocycles. The molecule has 0 saturated carbocycles. The Labute approximate surface area is 121 Å². The number of halogens is 1. The Balaban J connectivity index is 2.28. The molecule has 19 heavy (non-hydrogen) atoms. The number of pyridine rings is 1. The zero-order chi connectivity index (χ0) is 13.8. The van der Waals surface area contributed by atoms with E-state index in [1.54, 1.807) is 19.3 Å². The number of hydrogen-bond donors (Lipinski definition) is 0. The van der Waals surface area contributed by atoms with E-state index in [9.17, 15) is 4.79 Å². The molecule has 0 unspecified atom stereocenters. The van der Waals surface area contributed by atoms with E-state index in [0.717, 1.165) is 27.8 Å². The maximum atomic E-state index is 11.7. The highest BCUT2D eigenvalue weighted by Crippen LogP contribution is 2.25. The summed E-state index contributed by atoms with van der Waals surface area (Å²) >= 11 is 3.40. The fourth-order valence-corrected chi connectivity index (χ4v) is 2.33. The number of anilines is 1. The summed E-state index contributed by atoms with van der Waals surface area (Å²) in [6, 6.07) is 9.72. The van der Waals surface area contributed by atoms with Gasteiger partial charge in [0.15, 0.2) is 5.78 Å². The van der Waals surface area contributed by atoms with Crippen molar-refractivity contribution in [1.29, 1.82) is 0 Å². The van der Waals surface area contributed by atoms with E-state index in [0.29, 0.717) is 0 Å². The third-order valence-electron chi connectivity index (χ3n) is 2.92. The third kappa shape index (κ3) is 3.41. The standard InChI is InChI=1S/C15H15BrN2O/c1-11(19)14-9-13(16)3-4-15(14)18(2)10-12-5-7-17-8-6-12/h3-9H,10H2,1-2H3. The summed E-state index contributed by atoms with van der Waals surface area (Å²) in [6.45, 7) is 2.33. The van der Waals surface area contributed by atoms with Crippen LogP contribution in [0.1, 0.15) is 22.8 Å². The Morgan fingerprint density at radius 2 is 1.95 bits per heavy atom. The number of hydrogen-bond acceptors (Lipinski definition) is 3. The summed E-state index contributed by atoms with van der Waals surface area (Å²) < 4.78 is 0.916. The van der Waals surface area contributed by atoms with Crippen LogP contribution in [0.3, 0.4) is 0 Å². The summed E-state index contributed by atoms with van der Waals surface area (Å²) in [5.74, 6) is 0.0675. The minimum Gasteiger partial charge on any atom is -0.370 e. The van der Waals surface area contributed by atoms with E-state index in [1.165, 1.54) is 0 Å². The average Bonchev–Trinajstić information content (AvgIpc) is 2.39. The van der Waals surface area contributed by atoms with Crippen LogP contribution in [-0.2, 0) is 6.54 Å². The largest absolute Gasteiger partial charge is 0.370 e. The average molecular weight is 319 g/mol. The van der Waals surface area contributed by atoms with Gasteiger partial charge in [-0.3, -0.25) is 9.78 Å². The maximum absolute atomic E-state index is 11.7. The molecule has 2 rings (SSSR count). The summed E-state index contributed by atoms with van der Waals surface area (Å²) in [5, 5.41) is 0. The van der Waals surface area contributed by atoms with Gasteiger partial charge in [0.05, 0.1) is 0 Å². The van der Waals surface area contributed by atoms with E-state index in [1.807, 2.05) is 37.4 Å². The van der Waals surface area contributed by atoms with Gasteiger partial charge in [0.25, 0.3) is 0 Å². The zero-order valence-corrected chi connectivity index (χ0v) is 12.5. The second-order valence-corrected chi connectivity index (χ2v) is 5.34. The Morgan fingerprint density at radius 1 is 1.26 bits per heavy atom. The molecular weight excluding hydrogens is 304 g/mol. The molecule has 2 aromatic rings. The fourth-order valence-electron chi connectivity index (χ4n) is 1.97. The highest BCUT2D eigenvalue weighted by Gasteiger charge is 2.12. The summed E-state index contributed by atoms with van der Waals surface area (Å²) in [4.78, 5) is 17.8. The van der Waals surface area contributed by atoms with Gasteiger partial charge >= 0.3 is 0 Å². The molecule has 1 aromatic heterocycles. The normalized spacial score (nSPS) is 10.3. The molecule has 0 atom stereocenters. The molecule has 0 radical (unpaired) electrons. The second-order valence-electron chi connectivity index (χ2n) is 4.43. The highest BCUT2D eigenvalue weighted by atomic mass is 79.9. The summed E-state index contributed by atoms with van der Waals surface area (Å²) in [7, 11) is 1.98. The van der Waals surface area contributed by atoms with Gasteiger partial charge in [0.2, 0.25) is 0 Å². The molecular formula is C15H15BrN2O. The predicted octanol–water partition coefficient (Wildman–Crippen LogP) is 3.68. The van der Waals surface area contributed by atoms with E-state index in [4.69, 9.17) is 0 Å². The second kappa shape index (κ2) is 5.97. The zero-order valence-electron chi connectivity index (χ0n) is 10.9. The molecule has 4 heteroatoms. The van der Waals surface area contributed by atoms with Gasteiger partial charge in [0, 0.05) is 41.7 Å². The summed E-state index contributed by atoms with van der Waals surface area (Å²) in [5.41, 5.74) is 2.83. The smallest absolute Gasteiger partial charge is 0.161 e. The van der Waals surface area contributed by atoms with Crippen LogP contribution in [-0.4, -0.2) is 17.8 Å². The van der Waals surface area contributed by atoms with Crippen LogP contribution in [0.4, 0.5) is 5.69 Å². The topological polar surface area (TPSA) is 33.2 Å². The van der Waals surface area contributed by atoms with Crippen molar-refractivity contribution in [1.82, 2.24) is 4.98 Å². The van der Waals surface area contributed by atoms with Crippen molar-refractivity contribution in [2.75, 3.05) is 11.9 Å². The van der Waals surface area contributed by atoms with E-state index >= 15 is 0 Å². The molecule has 0 fully saturated rings. The monoisotopic (exact) mass is 318 g/mol. The first-order valence-electron chi connectivity index (χ1n) is 5.98. The number of carbonyl (C=O) groups excluding carboxylic acids is 1. The molecule has 0 aliphatic rings. The lowest BCUT2D eigenvalue weighted by molar-refractivity contribution is 0.101. The molecule has 0 aliphatic heterocycles. The van der Waals surface area contributed by atoms with Gasteiger partial charge < -0.3 is 4.90 Å². The Morgan fingerprint density at radius 3 is 2.58 bits per heavy atom. The van der Waals surface area contributed by atoms with Crippen molar-refractivity contribution < 1.29 is 4.79 Å². The van der Waals surface area contributed by atoms with Crippen molar-refractivity contribution >= 4 is 27.4 Å². The molecule has 0 amide bonds. The number of carbonyl (C=O) groups is 1. The van der Waals surface area contributed by atoms with E-state index in [2.05, 4.69) is 25.8 Å². The quantitative estimate of drug-likeness (QED) is 0.806. The predicted molar refractivity (Wildman–Crippen MR) is 80.5 cm³/mol. The van der Waals surface area contributed by atoms with Crippen molar-refractivity contribution in [2.45, 2.75) is 13.5 Å². The third-order valence-corrected chi connectivity index (χ3v) is 3.41. The van der Waals surface area contributed by atoms with Crippen molar-refractivity contribution in [2.24, 2.45) is 0 Å². The van der Waals surface area contributed by atoms with Gasteiger partial charge in [-0.25, -0.2) is 0 Å². The molecule has 0 aliphatic carbocycles. The number of aromatic nitrogens is 1. The molecule has 1 heterocycles. The lowest BCUT2D eigenvalue weighted by Gasteiger charge is -2.22. The lowest BCUT2D eigenvalue weighted by Crippen LogP contribution is -2.19. The SMILES string of the molecule is CC(=O)c1cc(Br)ccc1N(C)Cc1ccncc1. The molecule has 0 saturated heterocycles. The number of Topliss-reactive ketones (excluding diaryl/α,β-unsaturated/α-hetero) is 1. The van der Waals surface area contributed by atoms with E-state index < -0.39 is 0 Å². The Bertz CT molecular complexity index is 584. The van der Waals surface area contributed by atoms with Crippen LogP contribution < -0.4 is 4.90 Å². The first-order chi connectivity index (χ1) is 9.08. The van der Waals surface area contributed by atoms with Crippen molar-refractivity contribution in [3.8, 4) is 0 Å². The first-order valence-corrected chi connectivity index (χ1v) is 6.78. The first kappa shape index (κ1) is 13.7. The molecule has 3 nitrogen and oxygen atoms in total. The van der Waals surface area contributed by atoms with Gasteiger partial charge in [-0.1, -0.05) is 15.9 Å². The minimum atomic E-state index is 0.0675. The number of rotatable bonds is 4. The van der Waals surface area contributed by atoms with Gasteiger partial charge in [-0.2, -0.15) is 0 Å². The number of nitrogens with zero attached hydrogens (tertiary/aromatic N) is 2. The van der Waals surface area contributed by atoms with Crippen molar-refractivity contribution in [3.63, 3.8) is 0 Å². The molecule has 0 bridgehead atoms. The number of ketones is 1. The maximum Gasteiger partial charge on any atom is 0.161 e. The Hall–Kier alpha value is -1.68. The van der Waals surface area contributed by atoms with Crippen molar-refractivity contribution in [3.05, 3.63) is 58.3 Å². The van der Waals surface area contributed by atoms with Gasteiger partial charge in [-0.05, 0) is 42.8 Å². The van der Waals surface area contributed by atoms with Gasteiger partial charge in [0.1, 0.15) is 0 Å².